The zero-order valence-electron chi connectivity index (χ0n) is 13.4. The Hall–Kier alpha value is -0.220. The van der Waals surface area contributed by atoms with Crippen LogP contribution in [0.25, 0.3) is 0 Å². The molecule has 4 heteroatoms. The van der Waals surface area contributed by atoms with Gasteiger partial charge < -0.3 is 4.90 Å². The van der Waals surface area contributed by atoms with Gasteiger partial charge in [-0.1, -0.05) is 40.0 Å². The zero-order chi connectivity index (χ0) is 14.8. The average molecular weight is 298 g/mol. The van der Waals surface area contributed by atoms with Gasteiger partial charge in [-0.05, 0) is 31.4 Å². The number of nitrogens with zero attached hydrogens (tertiary/aromatic N) is 1. The highest BCUT2D eigenvalue weighted by atomic mass is 32.2. The van der Waals surface area contributed by atoms with Crippen LogP contribution in [-0.2, 0) is 4.79 Å². The van der Waals surface area contributed by atoms with Crippen LogP contribution in [0.3, 0.4) is 0 Å². The molecular weight excluding hydrogens is 268 g/mol. The summed E-state index contributed by atoms with van der Waals surface area (Å²) in [4.78, 5) is 14.9. The van der Waals surface area contributed by atoms with Crippen LogP contribution in [0.15, 0.2) is 0 Å². The highest BCUT2D eigenvalue weighted by Crippen LogP contribution is 2.42. The van der Waals surface area contributed by atoms with Crippen molar-refractivity contribution in [2.24, 2.45) is 5.92 Å². The van der Waals surface area contributed by atoms with Gasteiger partial charge in [0.15, 0.2) is 0 Å². The number of nitrogens with one attached hydrogen (secondary N) is 1. The van der Waals surface area contributed by atoms with E-state index in [1.54, 1.807) is 0 Å². The molecule has 2 atom stereocenters. The smallest absolute Gasteiger partial charge is 0.241 e. The maximum Gasteiger partial charge on any atom is 0.241 e. The number of hydrogen-bond acceptors (Lipinski definition) is 3. The van der Waals surface area contributed by atoms with Crippen LogP contribution in [0.4, 0.5) is 0 Å². The molecule has 1 amide bonds. The van der Waals surface area contributed by atoms with Crippen LogP contribution in [0.5, 0.6) is 0 Å². The topological polar surface area (TPSA) is 32.3 Å². The van der Waals surface area contributed by atoms with Crippen molar-refractivity contribution in [1.29, 1.82) is 0 Å². The van der Waals surface area contributed by atoms with E-state index in [-0.39, 0.29) is 12.2 Å². The molecule has 2 fully saturated rings. The zero-order valence-corrected chi connectivity index (χ0v) is 14.3. The lowest BCUT2D eigenvalue weighted by atomic mass is 10.0. The summed E-state index contributed by atoms with van der Waals surface area (Å²) in [7, 11) is 0. The third-order valence-electron chi connectivity index (χ3n) is 4.90. The summed E-state index contributed by atoms with van der Waals surface area (Å²) in [5.74, 6) is 0.812. The molecule has 1 aliphatic carbocycles. The van der Waals surface area contributed by atoms with Crippen LogP contribution in [0.2, 0.25) is 0 Å². The van der Waals surface area contributed by atoms with Crippen molar-refractivity contribution in [3.8, 4) is 0 Å². The molecule has 0 aromatic heterocycles. The van der Waals surface area contributed by atoms with Gasteiger partial charge in [0.1, 0.15) is 0 Å². The van der Waals surface area contributed by atoms with Crippen molar-refractivity contribution in [2.45, 2.75) is 76.3 Å². The summed E-state index contributed by atoms with van der Waals surface area (Å²) in [6.45, 7) is 7.52. The molecule has 2 rings (SSSR count). The molecule has 2 aliphatic rings. The first-order valence-corrected chi connectivity index (χ1v) is 9.37. The number of carbonyl (C=O) groups is 1. The lowest BCUT2D eigenvalue weighted by Crippen LogP contribution is -2.47. The molecular formula is C16H30N2OS. The second kappa shape index (κ2) is 6.69. The Kier molecular flexibility index (Phi) is 5.41. The number of carbonyl (C=O) groups excluding carboxylic acids is 1. The van der Waals surface area contributed by atoms with E-state index < -0.39 is 0 Å². The molecule has 0 radical (unpaired) electrons. The fraction of sp³-hybridized carbons (Fsp3) is 0.938. The average Bonchev–Trinajstić information content (AvgIpc) is 3.00. The van der Waals surface area contributed by atoms with Gasteiger partial charge >= 0.3 is 0 Å². The van der Waals surface area contributed by atoms with Gasteiger partial charge in [-0.2, -0.15) is 11.8 Å². The predicted molar refractivity (Wildman–Crippen MR) is 86.9 cm³/mol. The normalized spacial score (nSPS) is 29.6. The molecule has 1 saturated heterocycles. The second-order valence-corrected chi connectivity index (χ2v) is 8.03. The molecule has 1 aliphatic heterocycles. The standard InChI is InChI=1S/C16H30N2OS/c1-5-8-13-15(19)18(14(17-13)12(2)3)11-16(20-4)9-6-7-10-16/h12-14,17H,5-11H2,1-4H3. The Labute approximate surface area is 128 Å². The fourth-order valence-electron chi connectivity index (χ4n) is 3.69. The molecule has 0 aromatic carbocycles. The number of amides is 1. The van der Waals surface area contributed by atoms with Crippen molar-refractivity contribution < 1.29 is 4.79 Å². The molecule has 1 N–H and O–H groups in total. The van der Waals surface area contributed by atoms with E-state index in [1.807, 2.05) is 11.8 Å². The highest BCUT2D eigenvalue weighted by Gasteiger charge is 2.44. The molecule has 1 heterocycles. The molecule has 116 valence electrons. The SMILES string of the molecule is CCCC1NC(C(C)C)N(CC2(SC)CCCC2)C1=O. The molecule has 0 spiro atoms. The minimum Gasteiger partial charge on any atom is -0.324 e. The van der Waals surface area contributed by atoms with Crippen molar-refractivity contribution >= 4 is 17.7 Å². The Morgan fingerprint density at radius 1 is 1.40 bits per heavy atom. The Bertz CT molecular complexity index is 339. The summed E-state index contributed by atoms with van der Waals surface area (Å²) in [6, 6.07) is 0.0488. The molecule has 1 saturated carbocycles. The molecule has 0 aromatic rings. The van der Waals surface area contributed by atoms with Gasteiger partial charge in [0.05, 0.1) is 12.2 Å². The number of rotatable bonds is 6. The number of hydrogen-bond donors (Lipinski definition) is 1. The lowest BCUT2D eigenvalue weighted by Gasteiger charge is -2.36. The van der Waals surface area contributed by atoms with Crippen molar-refractivity contribution in [1.82, 2.24) is 10.2 Å². The largest absolute Gasteiger partial charge is 0.324 e. The Morgan fingerprint density at radius 3 is 2.55 bits per heavy atom. The second-order valence-electron chi connectivity index (χ2n) is 6.76. The van der Waals surface area contributed by atoms with Gasteiger partial charge in [0.25, 0.3) is 0 Å². The maximum atomic E-state index is 12.7. The van der Waals surface area contributed by atoms with Gasteiger partial charge in [-0.25, -0.2) is 0 Å². The van der Waals surface area contributed by atoms with E-state index in [4.69, 9.17) is 0 Å². The summed E-state index contributed by atoms with van der Waals surface area (Å²) in [5.41, 5.74) is 0. The molecule has 3 nitrogen and oxygen atoms in total. The molecule has 20 heavy (non-hydrogen) atoms. The van der Waals surface area contributed by atoms with Gasteiger partial charge in [-0.15, -0.1) is 0 Å². The van der Waals surface area contributed by atoms with E-state index in [1.165, 1.54) is 25.7 Å². The Balaban J connectivity index is 2.12. The predicted octanol–water partition coefficient (Wildman–Crippen LogP) is 3.24. The minimum absolute atomic E-state index is 0.0488. The van der Waals surface area contributed by atoms with Crippen molar-refractivity contribution in [3.05, 3.63) is 0 Å². The van der Waals surface area contributed by atoms with Crippen molar-refractivity contribution in [3.63, 3.8) is 0 Å². The van der Waals surface area contributed by atoms with E-state index in [0.717, 1.165) is 19.4 Å². The van der Waals surface area contributed by atoms with Gasteiger partial charge in [-0.3, -0.25) is 10.1 Å². The molecule has 2 unspecified atom stereocenters. The summed E-state index contributed by atoms with van der Waals surface area (Å²) < 4.78 is 0.311. The number of thioether (sulfide) groups is 1. The van der Waals surface area contributed by atoms with Gasteiger partial charge in [0, 0.05) is 11.3 Å². The summed E-state index contributed by atoms with van der Waals surface area (Å²) in [5, 5.41) is 3.57. The third kappa shape index (κ3) is 3.16. The van der Waals surface area contributed by atoms with Crippen LogP contribution >= 0.6 is 11.8 Å². The van der Waals surface area contributed by atoms with E-state index in [2.05, 4.69) is 37.2 Å². The summed E-state index contributed by atoms with van der Waals surface area (Å²) >= 11 is 1.98. The van der Waals surface area contributed by atoms with Crippen molar-refractivity contribution in [2.75, 3.05) is 12.8 Å². The first-order valence-electron chi connectivity index (χ1n) is 8.14. The minimum atomic E-state index is 0.0488. The van der Waals surface area contributed by atoms with Crippen LogP contribution in [0.1, 0.15) is 59.3 Å². The first kappa shape index (κ1) is 16.2. The quantitative estimate of drug-likeness (QED) is 0.817. The Morgan fingerprint density at radius 2 is 2.05 bits per heavy atom. The fourth-order valence-corrected chi connectivity index (χ4v) is 4.65. The van der Waals surface area contributed by atoms with Crippen LogP contribution in [-0.4, -0.2) is 40.6 Å². The molecule has 0 bridgehead atoms. The van der Waals surface area contributed by atoms with Crippen LogP contribution in [0, 0.1) is 5.92 Å². The lowest BCUT2D eigenvalue weighted by molar-refractivity contribution is -0.131. The first-order chi connectivity index (χ1) is 9.53. The third-order valence-corrected chi connectivity index (χ3v) is 6.31. The monoisotopic (exact) mass is 298 g/mol. The van der Waals surface area contributed by atoms with Gasteiger partial charge in [0.2, 0.25) is 5.91 Å². The maximum absolute atomic E-state index is 12.7. The van der Waals surface area contributed by atoms with E-state index in [9.17, 15) is 4.79 Å². The van der Waals surface area contributed by atoms with E-state index in [0.29, 0.717) is 16.6 Å². The highest BCUT2D eigenvalue weighted by molar-refractivity contribution is 8.00. The van der Waals surface area contributed by atoms with Crippen LogP contribution < -0.4 is 5.32 Å². The summed E-state index contributed by atoms with van der Waals surface area (Å²) in [6.07, 6.45) is 9.64. The van der Waals surface area contributed by atoms with E-state index >= 15 is 0 Å².